The van der Waals surface area contributed by atoms with E-state index < -0.39 is 13.2 Å². The molecular formula is C13H12Cl3N4Os. The third-order valence-electron chi connectivity index (χ3n) is 2.00. The molecule has 8 heteroatoms. The van der Waals surface area contributed by atoms with Crippen LogP contribution in [-0.4, -0.2) is 19.9 Å². The number of halogens is 3. The van der Waals surface area contributed by atoms with Crippen LogP contribution in [0.3, 0.4) is 0 Å². The predicted molar refractivity (Wildman–Crippen MR) is 83.6 cm³/mol. The van der Waals surface area contributed by atoms with E-state index in [1.165, 1.54) is 0 Å². The molecule has 3 aromatic rings. The van der Waals surface area contributed by atoms with E-state index in [1.54, 1.807) is 31.1 Å². The van der Waals surface area contributed by atoms with Crippen molar-refractivity contribution in [2.75, 3.05) is 0 Å². The number of H-pyrrole nitrogens is 1. The Morgan fingerprint density at radius 3 is 1.57 bits per heavy atom. The average molecular weight is 521 g/mol. The standard InChI is InChI=1S/C10H8N2.C3H4N2.3ClH.Os/c1-3-7-11-9(5-1)10-6-2-4-8-12-10;1-2-5-3-4-1;;;;/h1-8H;1-3H,(H,4,5);3*1H;/q;;;;;+3/p-3. The topological polar surface area (TPSA) is 54.5 Å². The molecule has 4 nitrogen and oxygen atoms in total. The Labute approximate surface area is 140 Å². The molecule has 1 N–H and O–H groups in total. The second kappa shape index (κ2) is 11.7. The fourth-order valence-corrected chi connectivity index (χ4v) is 1.24. The third-order valence-corrected chi connectivity index (χ3v) is 2.00. The number of hydrogen-bond donors (Lipinski definition) is 1. The first-order valence-corrected chi connectivity index (χ1v) is 15.1. The largest absolute Gasteiger partial charge is 0.351 e. The second-order valence-corrected chi connectivity index (χ2v) is 14.4. The van der Waals surface area contributed by atoms with E-state index in [0.29, 0.717) is 0 Å². The molecule has 0 spiro atoms. The van der Waals surface area contributed by atoms with Crippen molar-refractivity contribution < 1.29 is 13.2 Å². The van der Waals surface area contributed by atoms with Crippen LogP contribution < -0.4 is 0 Å². The van der Waals surface area contributed by atoms with Crippen LogP contribution in [0.4, 0.5) is 0 Å². The van der Waals surface area contributed by atoms with Crippen molar-refractivity contribution >= 4 is 28.9 Å². The summed E-state index contributed by atoms with van der Waals surface area (Å²) in [5.74, 6) is 0. The van der Waals surface area contributed by atoms with E-state index in [9.17, 15) is 0 Å². The number of aromatic nitrogens is 4. The molecule has 0 saturated carbocycles. The molecule has 0 radical (unpaired) electrons. The minimum Gasteiger partial charge on any atom is -0.351 e. The molecule has 0 atom stereocenters. The minimum absolute atomic E-state index is 0.915. The summed E-state index contributed by atoms with van der Waals surface area (Å²) < 4.78 is 0. The van der Waals surface area contributed by atoms with Crippen LogP contribution in [-0.2, 0) is 13.2 Å². The predicted octanol–water partition coefficient (Wildman–Crippen LogP) is 4.62. The van der Waals surface area contributed by atoms with Gasteiger partial charge >= 0.3 is 42.1 Å². The van der Waals surface area contributed by atoms with Crippen molar-refractivity contribution in [3.05, 3.63) is 67.5 Å². The van der Waals surface area contributed by atoms with E-state index in [2.05, 4.69) is 19.9 Å². The van der Waals surface area contributed by atoms with Crippen LogP contribution in [0.1, 0.15) is 0 Å². The average Bonchev–Trinajstić information content (AvgIpc) is 3.08. The van der Waals surface area contributed by atoms with Gasteiger partial charge in [0.15, 0.2) is 0 Å². The monoisotopic (exact) mass is 521 g/mol. The number of hydrogen-bond acceptors (Lipinski definition) is 3. The van der Waals surface area contributed by atoms with Gasteiger partial charge in [0.05, 0.1) is 17.7 Å². The van der Waals surface area contributed by atoms with E-state index in [0.717, 1.165) is 11.4 Å². The van der Waals surface area contributed by atoms with Crippen LogP contribution in [0.25, 0.3) is 11.4 Å². The summed E-state index contributed by atoms with van der Waals surface area (Å²) in [5, 5.41) is 0. The van der Waals surface area contributed by atoms with Crippen LogP contribution >= 0.6 is 28.9 Å². The Morgan fingerprint density at radius 1 is 0.810 bits per heavy atom. The quantitative estimate of drug-likeness (QED) is 0.509. The van der Waals surface area contributed by atoms with Crippen LogP contribution in [0.2, 0.25) is 0 Å². The molecule has 0 aromatic carbocycles. The zero-order chi connectivity index (χ0) is 15.3. The number of aromatic amines is 1. The summed E-state index contributed by atoms with van der Waals surface area (Å²) in [6.45, 7) is 0. The van der Waals surface area contributed by atoms with Crippen molar-refractivity contribution in [3.63, 3.8) is 0 Å². The zero-order valence-electron chi connectivity index (χ0n) is 10.7. The van der Waals surface area contributed by atoms with E-state index in [1.807, 2.05) is 36.4 Å². The fourth-order valence-electron chi connectivity index (χ4n) is 1.24. The Bertz CT molecular complexity index is 507. The van der Waals surface area contributed by atoms with Crippen molar-refractivity contribution in [1.82, 2.24) is 19.9 Å². The van der Waals surface area contributed by atoms with Crippen molar-refractivity contribution in [1.29, 1.82) is 0 Å². The van der Waals surface area contributed by atoms with Crippen molar-refractivity contribution in [3.8, 4) is 11.4 Å². The summed E-state index contributed by atoms with van der Waals surface area (Å²) in [6.07, 6.45) is 8.62. The van der Waals surface area contributed by atoms with Gasteiger partial charge in [0, 0.05) is 24.8 Å². The molecule has 0 unspecified atom stereocenters. The van der Waals surface area contributed by atoms with Gasteiger partial charge in [-0.25, -0.2) is 4.98 Å². The molecule has 0 aliphatic carbocycles. The summed E-state index contributed by atoms with van der Waals surface area (Å²) in [7, 11) is 14.9. The van der Waals surface area contributed by atoms with E-state index in [4.69, 9.17) is 28.9 Å². The first-order valence-electron chi connectivity index (χ1n) is 5.62. The molecule has 0 aliphatic heterocycles. The van der Waals surface area contributed by atoms with Gasteiger partial charge in [-0.1, -0.05) is 12.1 Å². The fraction of sp³-hybridized carbons (Fsp3) is 0. The maximum atomic E-state index is 4.98. The van der Waals surface area contributed by atoms with Gasteiger partial charge in [-0.15, -0.1) is 0 Å². The Balaban J connectivity index is 0.000000203. The second-order valence-electron chi connectivity index (χ2n) is 3.34. The first kappa shape index (κ1) is 18.1. The van der Waals surface area contributed by atoms with Gasteiger partial charge in [0.25, 0.3) is 0 Å². The number of rotatable bonds is 1. The van der Waals surface area contributed by atoms with Gasteiger partial charge in [-0.05, 0) is 24.3 Å². The number of pyridine rings is 2. The van der Waals surface area contributed by atoms with Crippen LogP contribution in [0.15, 0.2) is 67.5 Å². The minimum atomic E-state index is -1.98. The molecule has 113 valence electrons. The molecule has 21 heavy (non-hydrogen) atoms. The Hall–Kier alpha value is -0.984. The first-order chi connectivity index (χ1) is 10.2. The maximum Gasteiger partial charge on any atom is 0.0919 e. The molecule has 0 amide bonds. The molecule has 3 aromatic heterocycles. The Kier molecular flexibility index (Phi) is 10.0. The SMILES string of the molecule is [Cl][Os]([Cl])[Cl].c1c[nH]cn1.c1ccc(-c2ccccn2)nc1. The summed E-state index contributed by atoms with van der Waals surface area (Å²) in [6, 6.07) is 11.6. The van der Waals surface area contributed by atoms with Crippen LogP contribution in [0, 0.1) is 0 Å². The zero-order valence-corrected chi connectivity index (χ0v) is 15.5. The van der Waals surface area contributed by atoms with Crippen molar-refractivity contribution in [2.45, 2.75) is 0 Å². The summed E-state index contributed by atoms with van der Waals surface area (Å²) in [4.78, 5) is 14.8. The van der Waals surface area contributed by atoms with Crippen molar-refractivity contribution in [2.24, 2.45) is 0 Å². The van der Waals surface area contributed by atoms with E-state index >= 15 is 0 Å². The molecule has 3 heterocycles. The Morgan fingerprint density at radius 2 is 1.33 bits per heavy atom. The van der Waals surface area contributed by atoms with Gasteiger partial charge in [0.2, 0.25) is 0 Å². The number of imidazole rings is 1. The normalized spacial score (nSPS) is 9.57. The summed E-state index contributed by atoms with van der Waals surface area (Å²) >= 11 is -1.98. The van der Waals surface area contributed by atoms with Gasteiger partial charge < -0.3 is 4.98 Å². The molecular weight excluding hydrogens is 509 g/mol. The van der Waals surface area contributed by atoms with Gasteiger partial charge in [-0.3, -0.25) is 9.97 Å². The number of nitrogens with one attached hydrogen (secondary N) is 1. The van der Waals surface area contributed by atoms with E-state index in [-0.39, 0.29) is 0 Å². The molecule has 0 bridgehead atoms. The molecule has 3 rings (SSSR count). The maximum absolute atomic E-state index is 4.98. The van der Waals surface area contributed by atoms with Crippen LogP contribution in [0.5, 0.6) is 0 Å². The third kappa shape index (κ3) is 9.55. The smallest absolute Gasteiger partial charge is 0.0919 e. The molecule has 0 saturated heterocycles. The number of nitrogens with zero attached hydrogens (tertiary/aromatic N) is 3. The van der Waals surface area contributed by atoms with Gasteiger partial charge in [0.1, 0.15) is 0 Å². The van der Waals surface area contributed by atoms with Gasteiger partial charge in [-0.2, -0.15) is 0 Å². The summed E-state index contributed by atoms with van der Waals surface area (Å²) in [5.41, 5.74) is 1.83. The molecule has 0 aliphatic rings. The molecule has 0 fully saturated rings.